The van der Waals surface area contributed by atoms with Crippen molar-refractivity contribution in [3.05, 3.63) is 64.1 Å². The molecule has 0 fully saturated rings. The lowest BCUT2D eigenvalue weighted by atomic mass is 10.2. The molecule has 0 aromatic heterocycles. The fourth-order valence-corrected chi connectivity index (χ4v) is 2.08. The third kappa shape index (κ3) is 4.64. The van der Waals surface area contributed by atoms with Crippen LogP contribution in [0, 0.1) is 11.8 Å². The van der Waals surface area contributed by atoms with Crippen molar-refractivity contribution < 1.29 is 4.79 Å². The number of halogens is 1. The highest BCUT2D eigenvalue weighted by Gasteiger charge is 2.02. The molecule has 3 nitrogen and oxygen atoms in total. The Morgan fingerprint density at radius 2 is 1.73 bits per heavy atom. The van der Waals surface area contributed by atoms with Gasteiger partial charge in [-0.15, -0.1) is 0 Å². The van der Waals surface area contributed by atoms with Crippen molar-refractivity contribution >= 4 is 27.5 Å². The molecule has 4 heteroatoms. The molecule has 1 N–H and O–H groups in total. The second-order valence-electron chi connectivity index (χ2n) is 4.93. The molecule has 0 aliphatic heterocycles. The molecule has 2 aromatic rings. The molecule has 0 spiro atoms. The van der Waals surface area contributed by atoms with Gasteiger partial charge in [0.1, 0.15) is 0 Å². The second-order valence-corrected chi connectivity index (χ2v) is 5.85. The van der Waals surface area contributed by atoms with Gasteiger partial charge in [-0.25, -0.2) is 0 Å². The summed E-state index contributed by atoms with van der Waals surface area (Å²) in [6.45, 7) is 0.324. The van der Waals surface area contributed by atoms with Gasteiger partial charge in [-0.1, -0.05) is 27.8 Å². The number of carbonyl (C=O) groups is 1. The quantitative estimate of drug-likeness (QED) is 0.855. The van der Waals surface area contributed by atoms with Crippen molar-refractivity contribution in [2.75, 3.05) is 25.5 Å². The van der Waals surface area contributed by atoms with Crippen LogP contribution in [0.1, 0.15) is 15.9 Å². The molecular weight excluding hydrogens is 340 g/mol. The van der Waals surface area contributed by atoms with Gasteiger partial charge in [0.15, 0.2) is 0 Å². The van der Waals surface area contributed by atoms with Crippen LogP contribution in [0.2, 0.25) is 0 Å². The summed E-state index contributed by atoms with van der Waals surface area (Å²) in [5, 5.41) is 2.78. The third-order valence-corrected chi connectivity index (χ3v) is 3.59. The van der Waals surface area contributed by atoms with Gasteiger partial charge in [-0.05, 0) is 48.5 Å². The Bertz CT molecular complexity index is 695. The Hall–Kier alpha value is -2.25. The minimum atomic E-state index is -0.121. The Kier molecular flexibility index (Phi) is 5.62. The number of rotatable bonds is 3. The standard InChI is InChI=1S/C18H17BrN2O/c1-21(2)17-11-5-14(6-12-17)4-3-13-20-18(22)15-7-9-16(19)10-8-15/h5-12H,13H2,1-2H3,(H,20,22). The molecule has 0 saturated heterocycles. The number of anilines is 1. The molecule has 2 aromatic carbocycles. The van der Waals surface area contributed by atoms with Crippen LogP contribution in [0.25, 0.3) is 0 Å². The molecule has 1 amide bonds. The third-order valence-electron chi connectivity index (χ3n) is 3.06. The van der Waals surface area contributed by atoms with Crippen LogP contribution >= 0.6 is 15.9 Å². The number of nitrogens with one attached hydrogen (secondary N) is 1. The van der Waals surface area contributed by atoms with Gasteiger partial charge < -0.3 is 10.2 Å². The highest BCUT2D eigenvalue weighted by Crippen LogP contribution is 2.11. The topological polar surface area (TPSA) is 32.3 Å². The summed E-state index contributed by atoms with van der Waals surface area (Å²) in [6.07, 6.45) is 0. The maximum absolute atomic E-state index is 11.9. The van der Waals surface area contributed by atoms with Gasteiger partial charge >= 0.3 is 0 Å². The number of hydrogen-bond donors (Lipinski definition) is 1. The van der Waals surface area contributed by atoms with E-state index in [1.807, 2.05) is 55.4 Å². The smallest absolute Gasteiger partial charge is 0.252 e. The summed E-state index contributed by atoms with van der Waals surface area (Å²) in [7, 11) is 4.00. The predicted molar refractivity (Wildman–Crippen MR) is 94.1 cm³/mol. The number of amides is 1. The lowest BCUT2D eigenvalue weighted by molar-refractivity contribution is 0.0958. The maximum Gasteiger partial charge on any atom is 0.252 e. The van der Waals surface area contributed by atoms with Crippen LogP contribution in [-0.4, -0.2) is 26.5 Å². The average molecular weight is 357 g/mol. The van der Waals surface area contributed by atoms with E-state index < -0.39 is 0 Å². The summed E-state index contributed by atoms with van der Waals surface area (Å²) in [4.78, 5) is 13.9. The van der Waals surface area contributed by atoms with Crippen LogP contribution in [0.3, 0.4) is 0 Å². The molecule has 0 saturated carbocycles. The van der Waals surface area contributed by atoms with E-state index in [9.17, 15) is 4.79 Å². The fraction of sp³-hybridized carbons (Fsp3) is 0.167. The molecule has 2 rings (SSSR count). The van der Waals surface area contributed by atoms with Crippen molar-refractivity contribution in [1.82, 2.24) is 5.32 Å². The molecule has 0 heterocycles. The zero-order chi connectivity index (χ0) is 15.9. The van der Waals surface area contributed by atoms with Crippen molar-refractivity contribution in [1.29, 1.82) is 0 Å². The van der Waals surface area contributed by atoms with E-state index in [-0.39, 0.29) is 5.91 Å². The molecule has 22 heavy (non-hydrogen) atoms. The Labute approximate surface area is 139 Å². The lowest BCUT2D eigenvalue weighted by Crippen LogP contribution is -2.23. The normalized spacial score (nSPS) is 9.59. The summed E-state index contributed by atoms with van der Waals surface area (Å²) < 4.78 is 0.949. The Morgan fingerprint density at radius 1 is 1.09 bits per heavy atom. The number of hydrogen-bond acceptors (Lipinski definition) is 2. The molecule has 0 radical (unpaired) electrons. The Balaban J connectivity index is 1.88. The van der Waals surface area contributed by atoms with E-state index in [1.165, 1.54) is 0 Å². The Morgan fingerprint density at radius 3 is 2.32 bits per heavy atom. The van der Waals surface area contributed by atoms with E-state index in [2.05, 4.69) is 33.1 Å². The maximum atomic E-state index is 11.9. The zero-order valence-electron chi connectivity index (χ0n) is 12.6. The molecule has 0 aliphatic carbocycles. The summed E-state index contributed by atoms with van der Waals surface area (Å²) >= 11 is 3.34. The second kappa shape index (κ2) is 7.67. The molecule has 112 valence electrons. The lowest BCUT2D eigenvalue weighted by Gasteiger charge is -2.11. The van der Waals surface area contributed by atoms with Gasteiger partial charge in [-0.3, -0.25) is 4.79 Å². The van der Waals surface area contributed by atoms with Crippen LogP contribution in [0.4, 0.5) is 5.69 Å². The minimum Gasteiger partial charge on any atom is -0.378 e. The van der Waals surface area contributed by atoms with Crippen LogP contribution < -0.4 is 10.2 Å². The fourth-order valence-electron chi connectivity index (χ4n) is 1.82. The molecular formula is C18H17BrN2O. The largest absolute Gasteiger partial charge is 0.378 e. The van der Waals surface area contributed by atoms with Gasteiger partial charge in [0.25, 0.3) is 5.91 Å². The first kappa shape index (κ1) is 16.1. The summed E-state index contributed by atoms with van der Waals surface area (Å²) in [5.41, 5.74) is 2.69. The number of nitrogens with zero attached hydrogens (tertiary/aromatic N) is 1. The van der Waals surface area contributed by atoms with Crippen LogP contribution in [0.15, 0.2) is 53.0 Å². The number of benzene rings is 2. The van der Waals surface area contributed by atoms with E-state index in [4.69, 9.17) is 0 Å². The first-order valence-corrected chi connectivity index (χ1v) is 7.65. The SMILES string of the molecule is CN(C)c1ccc(C#CCNC(=O)c2ccc(Br)cc2)cc1. The predicted octanol–water partition coefficient (Wildman–Crippen LogP) is 3.30. The summed E-state index contributed by atoms with van der Waals surface area (Å²) in [6, 6.07) is 15.2. The van der Waals surface area contributed by atoms with Crippen molar-refractivity contribution in [3.63, 3.8) is 0 Å². The van der Waals surface area contributed by atoms with Crippen molar-refractivity contribution in [2.24, 2.45) is 0 Å². The van der Waals surface area contributed by atoms with Crippen molar-refractivity contribution in [2.45, 2.75) is 0 Å². The van der Waals surface area contributed by atoms with Gasteiger partial charge in [0.2, 0.25) is 0 Å². The zero-order valence-corrected chi connectivity index (χ0v) is 14.1. The van der Waals surface area contributed by atoms with E-state index >= 15 is 0 Å². The monoisotopic (exact) mass is 356 g/mol. The molecule has 0 bridgehead atoms. The van der Waals surface area contributed by atoms with Crippen LogP contribution in [-0.2, 0) is 0 Å². The first-order chi connectivity index (χ1) is 10.6. The highest BCUT2D eigenvalue weighted by molar-refractivity contribution is 9.10. The average Bonchev–Trinajstić information content (AvgIpc) is 2.52. The van der Waals surface area contributed by atoms with Crippen molar-refractivity contribution in [3.8, 4) is 11.8 Å². The van der Waals surface area contributed by atoms with Gasteiger partial charge in [0.05, 0.1) is 6.54 Å². The van der Waals surface area contributed by atoms with Gasteiger partial charge in [0, 0.05) is 35.4 Å². The van der Waals surface area contributed by atoms with E-state index in [0.29, 0.717) is 12.1 Å². The summed E-state index contributed by atoms with van der Waals surface area (Å²) in [5.74, 6) is 5.87. The first-order valence-electron chi connectivity index (χ1n) is 6.86. The molecule has 0 unspecified atom stereocenters. The highest BCUT2D eigenvalue weighted by atomic mass is 79.9. The minimum absolute atomic E-state index is 0.121. The number of carbonyl (C=O) groups excluding carboxylic acids is 1. The van der Waals surface area contributed by atoms with Crippen LogP contribution in [0.5, 0.6) is 0 Å². The molecule has 0 atom stereocenters. The van der Waals surface area contributed by atoms with E-state index in [1.54, 1.807) is 12.1 Å². The van der Waals surface area contributed by atoms with E-state index in [0.717, 1.165) is 15.7 Å². The van der Waals surface area contributed by atoms with Gasteiger partial charge in [-0.2, -0.15) is 0 Å². The molecule has 0 aliphatic rings.